The van der Waals surface area contributed by atoms with Crippen LogP contribution in [0.2, 0.25) is 0 Å². The van der Waals surface area contributed by atoms with E-state index in [2.05, 4.69) is 14.8 Å². The molecule has 0 atom stereocenters. The minimum Gasteiger partial charge on any atom is -0.379 e. The van der Waals surface area contributed by atoms with Gasteiger partial charge in [0.2, 0.25) is 10.0 Å². The molecule has 1 saturated carbocycles. The molecule has 2 aliphatic rings. The number of carbonyl (C=O) groups is 1. The van der Waals surface area contributed by atoms with Crippen LogP contribution < -0.4 is 0 Å². The summed E-state index contributed by atoms with van der Waals surface area (Å²) in [6.07, 6.45) is 6.79. The zero-order chi connectivity index (χ0) is 22.6. The summed E-state index contributed by atoms with van der Waals surface area (Å²) < 4.78 is 35.3. The van der Waals surface area contributed by atoms with Crippen molar-refractivity contribution in [2.24, 2.45) is 0 Å². The van der Waals surface area contributed by atoms with Crippen LogP contribution in [0.4, 0.5) is 0 Å². The van der Waals surface area contributed by atoms with Crippen molar-refractivity contribution in [3.8, 4) is 11.4 Å². The summed E-state index contributed by atoms with van der Waals surface area (Å²) in [6, 6.07) is 7.22. The molecule has 8 nitrogen and oxygen atoms in total. The summed E-state index contributed by atoms with van der Waals surface area (Å²) in [4.78, 5) is 11.8. The van der Waals surface area contributed by atoms with Gasteiger partial charge in [-0.2, -0.15) is 4.31 Å². The maximum atomic E-state index is 13.2. The summed E-state index contributed by atoms with van der Waals surface area (Å²) in [7, 11) is -3.60. The summed E-state index contributed by atoms with van der Waals surface area (Å²) in [5.41, 5.74) is 0.728. The van der Waals surface area contributed by atoms with Gasteiger partial charge in [0, 0.05) is 24.7 Å². The zero-order valence-corrected chi connectivity index (χ0v) is 20.0. The Morgan fingerprint density at radius 3 is 2.53 bits per heavy atom. The highest BCUT2D eigenvalue weighted by molar-refractivity contribution is 7.99. The Morgan fingerprint density at radius 2 is 1.84 bits per heavy atom. The first-order chi connectivity index (χ1) is 15.5. The van der Waals surface area contributed by atoms with Gasteiger partial charge in [0.15, 0.2) is 11.0 Å². The Bertz CT molecular complexity index is 1040. The number of hydrogen-bond donors (Lipinski definition) is 0. The Morgan fingerprint density at radius 1 is 1.12 bits per heavy atom. The molecular formula is C22H30N4O4S2. The normalized spacial score (nSPS) is 19.0. The predicted octanol–water partition coefficient (Wildman–Crippen LogP) is 3.54. The number of ether oxygens (including phenoxy) is 1. The second-order valence-electron chi connectivity index (χ2n) is 8.36. The van der Waals surface area contributed by atoms with E-state index in [4.69, 9.17) is 4.74 Å². The first kappa shape index (κ1) is 23.4. The Labute approximate surface area is 193 Å². The Hall–Kier alpha value is -1.75. The molecule has 0 amide bonds. The molecule has 1 aromatic heterocycles. The lowest BCUT2D eigenvalue weighted by Crippen LogP contribution is -2.40. The highest BCUT2D eigenvalue weighted by Gasteiger charge is 2.28. The third-order valence-corrected chi connectivity index (χ3v) is 8.94. The van der Waals surface area contributed by atoms with E-state index < -0.39 is 10.0 Å². The molecule has 0 bridgehead atoms. The number of Topliss-reactive ketones (excluding diaryl/α,β-unsaturated/α-hetero) is 1. The van der Waals surface area contributed by atoms with Crippen molar-refractivity contribution in [2.75, 3.05) is 32.1 Å². The lowest BCUT2D eigenvalue weighted by molar-refractivity contribution is -0.114. The first-order valence-corrected chi connectivity index (χ1v) is 13.6. The average Bonchev–Trinajstić information content (AvgIpc) is 3.04. The fraction of sp³-hybridized carbons (Fsp3) is 0.591. The summed E-state index contributed by atoms with van der Waals surface area (Å²) in [5, 5.41) is 9.58. The molecule has 2 aromatic rings. The number of thioether (sulfide) groups is 1. The third kappa shape index (κ3) is 5.24. The van der Waals surface area contributed by atoms with Crippen LogP contribution in [-0.2, 0) is 19.6 Å². The van der Waals surface area contributed by atoms with Gasteiger partial charge in [-0.3, -0.25) is 9.36 Å². The molecule has 10 heteroatoms. The van der Waals surface area contributed by atoms with Crippen LogP contribution in [0.1, 0.15) is 51.5 Å². The Kier molecular flexibility index (Phi) is 7.65. The van der Waals surface area contributed by atoms with Gasteiger partial charge in [0.05, 0.1) is 23.9 Å². The largest absolute Gasteiger partial charge is 0.379 e. The molecule has 0 spiro atoms. The van der Waals surface area contributed by atoms with Crippen molar-refractivity contribution >= 4 is 27.6 Å². The quantitative estimate of drug-likeness (QED) is 0.444. The van der Waals surface area contributed by atoms with E-state index in [-0.39, 0.29) is 16.7 Å². The molecule has 2 fully saturated rings. The van der Waals surface area contributed by atoms with Crippen molar-refractivity contribution in [3.05, 3.63) is 24.3 Å². The summed E-state index contributed by atoms with van der Waals surface area (Å²) >= 11 is 1.40. The monoisotopic (exact) mass is 478 g/mol. The van der Waals surface area contributed by atoms with Crippen molar-refractivity contribution in [1.29, 1.82) is 0 Å². The van der Waals surface area contributed by atoms with Crippen LogP contribution >= 0.6 is 11.8 Å². The highest BCUT2D eigenvalue weighted by atomic mass is 32.2. The molecule has 174 valence electrons. The molecule has 1 aliphatic heterocycles. The average molecular weight is 479 g/mol. The minimum atomic E-state index is -3.60. The SMILES string of the molecule is CC(=O)CSc1nnc(-c2cccc(S(=O)(=O)N3CCOCC3)c2)n1C1CCCCCC1. The standard InChI is InChI=1S/C22H30N4O4S2/c1-17(27)16-31-22-24-23-21(26(22)19-8-4-2-3-5-9-19)18-7-6-10-20(15-18)32(28,29)25-11-13-30-14-12-25/h6-7,10,15,19H,2-5,8-9,11-14,16H2,1H3. The van der Waals surface area contributed by atoms with Crippen LogP contribution in [0.3, 0.4) is 0 Å². The number of nitrogens with zero attached hydrogens (tertiary/aromatic N) is 4. The number of benzene rings is 1. The van der Waals surface area contributed by atoms with Crippen LogP contribution in [-0.4, -0.2) is 65.3 Å². The van der Waals surface area contributed by atoms with Crippen molar-refractivity contribution in [2.45, 2.75) is 61.5 Å². The predicted molar refractivity (Wildman–Crippen MR) is 123 cm³/mol. The second kappa shape index (κ2) is 10.5. The van der Waals surface area contributed by atoms with E-state index in [0.717, 1.165) is 36.4 Å². The maximum Gasteiger partial charge on any atom is 0.243 e. The fourth-order valence-electron chi connectivity index (χ4n) is 4.32. The van der Waals surface area contributed by atoms with Crippen LogP contribution in [0, 0.1) is 0 Å². The second-order valence-corrected chi connectivity index (χ2v) is 11.2. The lowest BCUT2D eigenvalue weighted by atomic mass is 10.1. The lowest BCUT2D eigenvalue weighted by Gasteiger charge is -2.26. The van der Waals surface area contributed by atoms with E-state index in [1.165, 1.54) is 28.9 Å². The van der Waals surface area contributed by atoms with Gasteiger partial charge in [0.25, 0.3) is 0 Å². The summed E-state index contributed by atoms with van der Waals surface area (Å²) in [5.74, 6) is 1.10. The summed E-state index contributed by atoms with van der Waals surface area (Å²) in [6.45, 7) is 3.10. The van der Waals surface area contributed by atoms with Crippen molar-refractivity contribution < 1.29 is 17.9 Å². The van der Waals surface area contributed by atoms with Gasteiger partial charge in [-0.1, -0.05) is 49.6 Å². The van der Waals surface area contributed by atoms with Gasteiger partial charge < -0.3 is 4.74 Å². The molecular weight excluding hydrogens is 448 g/mol. The molecule has 2 heterocycles. The smallest absolute Gasteiger partial charge is 0.243 e. The number of morpholine rings is 1. The fourth-order valence-corrected chi connectivity index (χ4v) is 6.58. The molecule has 4 rings (SSSR count). The molecule has 0 unspecified atom stereocenters. The third-order valence-electron chi connectivity index (χ3n) is 5.96. The molecule has 1 saturated heterocycles. The van der Waals surface area contributed by atoms with E-state index in [9.17, 15) is 13.2 Å². The maximum absolute atomic E-state index is 13.2. The number of ketones is 1. The Balaban J connectivity index is 1.71. The van der Waals surface area contributed by atoms with E-state index in [1.54, 1.807) is 25.1 Å². The number of hydrogen-bond acceptors (Lipinski definition) is 7. The molecule has 32 heavy (non-hydrogen) atoms. The van der Waals surface area contributed by atoms with Crippen LogP contribution in [0.25, 0.3) is 11.4 Å². The topological polar surface area (TPSA) is 94.4 Å². The van der Waals surface area contributed by atoms with Crippen molar-refractivity contribution in [3.63, 3.8) is 0 Å². The van der Waals surface area contributed by atoms with Gasteiger partial charge in [-0.25, -0.2) is 8.42 Å². The van der Waals surface area contributed by atoms with Crippen LogP contribution in [0.5, 0.6) is 0 Å². The number of rotatable bonds is 7. The number of carbonyl (C=O) groups excluding carboxylic acids is 1. The van der Waals surface area contributed by atoms with Gasteiger partial charge in [-0.05, 0) is 31.9 Å². The molecule has 1 aromatic carbocycles. The van der Waals surface area contributed by atoms with Crippen molar-refractivity contribution in [1.82, 2.24) is 19.1 Å². The van der Waals surface area contributed by atoms with Gasteiger partial charge >= 0.3 is 0 Å². The minimum absolute atomic E-state index is 0.0885. The zero-order valence-electron chi connectivity index (χ0n) is 18.4. The van der Waals surface area contributed by atoms with E-state index >= 15 is 0 Å². The molecule has 0 radical (unpaired) electrons. The molecule has 0 N–H and O–H groups in total. The highest BCUT2D eigenvalue weighted by Crippen LogP contribution is 2.35. The first-order valence-electron chi connectivity index (χ1n) is 11.2. The number of aromatic nitrogens is 3. The van der Waals surface area contributed by atoms with Gasteiger partial charge in [0.1, 0.15) is 5.78 Å². The number of sulfonamides is 1. The van der Waals surface area contributed by atoms with E-state index in [1.807, 2.05) is 6.07 Å². The van der Waals surface area contributed by atoms with E-state index in [0.29, 0.717) is 37.9 Å². The van der Waals surface area contributed by atoms with Crippen LogP contribution in [0.15, 0.2) is 34.3 Å². The van der Waals surface area contributed by atoms with Gasteiger partial charge in [-0.15, -0.1) is 10.2 Å². The molecule has 1 aliphatic carbocycles.